The van der Waals surface area contributed by atoms with Gasteiger partial charge in [-0.1, -0.05) is 78.9 Å². The molecule has 0 saturated carbocycles. The van der Waals surface area contributed by atoms with Gasteiger partial charge in [-0.3, -0.25) is 9.79 Å². The van der Waals surface area contributed by atoms with Gasteiger partial charge in [-0.05, 0) is 28.8 Å². The van der Waals surface area contributed by atoms with E-state index in [1.54, 1.807) is 6.07 Å². The summed E-state index contributed by atoms with van der Waals surface area (Å²) in [5.74, 6) is -0.229. The molecule has 0 aliphatic carbocycles. The largest absolute Gasteiger partial charge is 0.394 e. The van der Waals surface area contributed by atoms with Crippen LogP contribution in [0.2, 0.25) is 0 Å². The van der Waals surface area contributed by atoms with Crippen LogP contribution in [-0.4, -0.2) is 29.9 Å². The number of benzene rings is 3. The van der Waals surface area contributed by atoms with Crippen LogP contribution in [0.1, 0.15) is 33.1 Å². The monoisotopic (exact) mass is 382 g/mol. The lowest BCUT2D eigenvalue weighted by Gasteiger charge is -2.18. The van der Waals surface area contributed by atoms with Gasteiger partial charge in [0.15, 0.2) is 0 Å². The maximum Gasteiger partial charge on any atom is 0.252 e. The predicted molar refractivity (Wildman–Crippen MR) is 116 cm³/mol. The maximum atomic E-state index is 13.0. The van der Waals surface area contributed by atoms with Crippen LogP contribution in [0.3, 0.4) is 0 Å². The highest BCUT2D eigenvalue weighted by Crippen LogP contribution is 2.23. The van der Waals surface area contributed by atoms with Crippen LogP contribution in [-0.2, 0) is 0 Å². The van der Waals surface area contributed by atoms with Crippen LogP contribution >= 0.6 is 0 Å². The molecule has 1 aliphatic rings. The number of nitrogens with one attached hydrogen (secondary N) is 1. The molecule has 0 aromatic heterocycles. The fourth-order valence-electron chi connectivity index (χ4n) is 3.48. The Labute approximate surface area is 170 Å². The summed E-state index contributed by atoms with van der Waals surface area (Å²) < 4.78 is 0. The third-order valence-corrected chi connectivity index (χ3v) is 5.01. The van der Waals surface area contributed by atoms with E-state index >= 15 is 0 Å². The van der Waals surface area contributed by atoms with Crippen molar-refractivity contribution < 1.29 is 9.90 Å². The molecule has 0 fully saturated rings. The zero-order valence-electron chi connectivity index (χ0n) is 16.0. The van der Waals surface area contributed by atoms with E-state index in [4.69, 9.17) is 0 Å². The molecule has 4 heteroatoms. The van der Waals surface area contributed by atoms with E-state index in [0.717, 1.165) is 28.0 Å². The number of aliphatic hydroxyl groups excluding tert-OH is 1. The predicted octanol–water partition coefficient (Wildman–Crippen LogP) is 4.04. The van der Waals surface area contributed by atoms with Crippen molar-refractivity contribution in [2.75, 3.05) is 13.2 Å². The van der Waals surface area contributed by atoms with Crippen molar-refractivity contribution in [1.82, 2.24) is 5.32 Å². The van der Waals surface area contributed by atoms with Crippen molar-refractivity contribution in [3.8, 4) is 0 Å². The van der Waals surface area contributed by atoms with Crippen LogP contribution in [0.15, 0.2) is 96.0 Å². The number of rotatable bonds is 6. The first-order valence-electron chi connectivity index (χ1n) is 9.63. The Morgan fingerprint density at radius 1 is 0.931 bits per heavy atom. The van der Waals surface area contributed by atoms with E-state index in [-0.39, 0.29) is 12.5 Å². The van der Waals surface area contributed by atoms with Crippen LogP contribution in [0.25, 0.3) is 5.57 Å². The molecule has 1 amide bonds. The Kier molecular flexibility index (Phi) is 5.63. The molecular weight excluding hydrogens is 360 g/mol. The zero-order valence-corrected chi connectivity index (χ0v) is 16.0. The van der Waals surface area contributed by atoms with E-state index in [1.165, 1.54) is 0 Å². The van der Waals surface area contributed by atoms with E-state index in [1.807, 2.05) is 72.8 Å². The summed E-state index contributed by atoms with van der Waals surface area (Å²) in [5.41, 5.74) is 5.28. The molecule has 3 aromatic rings. The average molecular weight is 382 g/mol. The number of aliphatic hydroxyl groups is 1. The highest BCUT2D eigenvalue weighted by atomic mass is 16.3. The van der Waals surface area contributed by atoms with Crippen LogP contribution in [0, 0.1) is 0 Å². The zero-order chi connectivity index (χ0) is 20.1. The minimum absolute atomic E-state index is 0.170. The number of amides is 1. The molecule has 0 radical (unpaired) electrons. The van der Waals surface area contributed by atoms with E-state index in [0.29, 0.717) is 12.1 Å². The van der Waals surface area contributed by atoms with Gasteiger partial charge in [-0.15, -0.1) is 0 Å². The van der Waals surface area contributed by atoms with Crippen LogP contribution < -0.4 is 5.32 Å². The Bertz CT molecular complexity index is 1060. The number of carbonyl (C=O) groups is 1. The molecule has 29 heavy (non-hydrogen) atoms. The van der Waals surface area contributed by atoms with Gasteiger partial charge in [0.2, 0.25) is 0 Å². The van der Waals surface area contributed by atoms with E-state index in [9.17, 15) is 9.90 Å². The summed E-state index contributed by atoms with van der Waals surface area (Å²) in [6.45, 7) is 0.426. The number of allylic oxidation sites excluding steroid dienone is 1. The van der Waals surface area contributed by atoms with Gasteiger partial charge < -0.3 is 10.4 Å². The molecule has 4 nitrogen and oxygen atoms in total. The number of hydrogen-bond donors (Lipinski definition) is 2. The van der Waals surface area contributed by atoms with Gasteiger partial charge in [0, 0.05) is 11.1 Å². The highest BCUT2D eigenvalue weighted by molar-refractivity contribution is 6.19. The Morgan fingerprint density at radius 3 is 2.31 bits per heavy atom. The third kappa shape index (κ3) is 4.18. The standard InChI is InChI=1S/C25H22N2O2/c28-17-24(19-11-5-2-6-12-19)27-25(29)22-14-8-7-13-21(22)23-15-20(16-26-23)18-9-3-1-4-10-18/h1-15,24,28H,16-17H2,(H,27,29)/t24-/m0/s1. The topological polar surface area (TPSA) is 61.7 Å². The van der Waals surface area contributed by atoms with Gasteiger partial charge in [-0.25, -0.2) is 0 Å². The number of nitrogens with zero attached hydrogens (tertiary/aromatic N) is 1. The first-order chi connectivity index (χ1) is 14.3. The highest BCUT2D eigenvalue weighted by Gasteiger charge is 2.20. The smallest absolute Gasteiger partial charge is 0.252 e. The minimum Gasteiger partial charge on any atom is -0.394 e. The van der Waals surface area contributed by atoms with Gasteiger partial charge in [-0.2, -0.15) is 0 Å². The van der Waals surface area contributed by atoms with Crippen molar-refractivity contribution in [2.24, 2.45) is 4.99 Å². The van der Waals surface area contributed by atoms with Gasteiger partial charge in [0.1, 0.15) is 0 Å². The molecule has 2 N–H and O–H groups in total. The van der Waals surface area contributed by atoms with Gasteiger partial charge >= 0.3 is 0 Å². The number of carbonyl (C=O) groups excluding carboxylic acids is 1. The van der Waals surface area contributed by atoms with E-state index < -0.39 is 6.04 Å². The van der Waals surface area contributed by atoms with Crippen molar-refractivity contribution in [1.29, 1.82) is 0 Å². The quantitative estimate of drug-likeness (QED) is 0.676. The third-order valence-electron chi connectivity index (χ3n) is 5.01. The molecule has 3 aromatic carbocycles. The minimum atomic E-state index is -0.460. The lowest BCUT2D eigenvalue weighted by atomic mass is 9.99. The van der Waals surface area contributed by atoms with Crippen molar-refractivity contribution in [3.05, 3.63) is 113 Å². The van der Waals surface area contributed by atoms with Crippen LogP contribution in [0.4, 0.5) is 0 Å². The second kappa shape index (κ2) is 8.67. The molecule has 0 spiro atoms. The number of hydrogen-bond acceptors (Lipinski definition) is 3. The molecule has 1 atom stereocenters. The Morgan fingerprint density at radius 2 is 1.59 bits per heavy atom. The van der Waals surface area contributed by atoms with Gasteiger partial charge in [0.25, 0.3) is 5.91 Å². The SMILES string of the molecule is O=C(N[C@@H](CO)c1ccccc1)c1ccccc1C1=NCC(c2ccccc2)=C1. The molecule has 1 heterocycles. The first kappa shape index (κ1) is 18.8. The second-order valence-electron chi connectivity index (χ2n) is 6.90. The summed E-state index contributed by atoms with van der Waals surface area (Å²) in [4.78, 5) is 17.7. The molecule has 0 saturated heterocycles. The molecular formula is C25H22N2O2. The molecule has 0 bridgehead atoms. The van der Waals surface area contributed by atoms with E-state index in [2.05, 4.69) is 22.4 Å². The van der Waals surface area contributed by atoms with Crippen molar-refractivity contribution >= 4 is 17.2 Å². The maximum absolute atomic E-state index is 13.0. The summed E-state index contributed by atoms with van der Waals surface area (Å²) in [7, 11) is 0. The lowest BCUT2D eigenvalue weighted by Crippen LogP contribution is -2.31. The summed E-state index contributed by atoms with van der Waals surface area (Å²) >= 11 is 0. The lowest BCUT2D eigenvalue weighted by molar-refractivity contribution is 0.0916. The van der Waals surface area contributed by atoms with Gasteiger partial charge in [0.05, 0.1) is 24.9 Å². The molecule has 4 rings (SSSR count). The van der Waals surface area contributed by atoms with Crippen molar-refractivity contribution in [3.63, 3.8) is 0 Å². The Hall–Kier alpha value is -3.50. The second-order valence-corrected chi connectivity index (χ2v) is 6.90. The van der Waals surface area contributed by atoms with Crippen LogP contribution in [0.5, 0.6) is 0 Å². The fourth-order valence-corrected chi connectivity index (χ4v) is 3.48. The molecule has 1 aliphatic heterocycles. The number of aliphatic imine (C=N–C) groups is 1. The normalized spacial score (nSPS) is 14.1. The molecule has 144 valence electrons. The molecule has 0 unspecified atom stereocenters. The Balaban J connectivity index is 1.59. The first-order valence-corrected chi connectivity index (χ1v) is 9.63. The summed E-state index contributed by atoms with van der Waals surface area (Å²) in [6.07, 6.45) is 2.04. The fraction of sp³-hybridized carbons (Fsp3) is 0.120. The van der Waals surface area contributed by atoms with Crippen molar-refractivity contribution in [2.45, 2.75) is 6.04 Å². The summed E-state index contributed by atoms with van der Waals surface area (Å²) in [5, 5.41) is 12.7. The summed E-state index contributed by atoms with van der Waals surface area (Å²) in [6, 6.07) is 26.6. The average Bonchev–Trinajstić information content (AvgIpc) is 3.29.